The van der Waals surface area contributed by atoms with Crippen LogP contribution in [0.25, 0.3) is 0 Å². The zero-order valence-electron chi connectivity index (χ0n) is 15.0. The first-order valence-electron chi connectivity index (χ1n) is 8.24. The fourth-order valence-electron chi connectivity index (χ4n) is 2.37. The number of rotatable bonds is 8. The highest BCUT2D eigenvalue weighted by molar-refractivity contribution is 5.79. The maximum atomic E-state index is 9.97. The van der Waals surface area contributed by atoms with E-state index in [-0.39, 0.29) is 5.75 Å². The maximum Gasteiger partial charge on any atom is 0.200 e. The minimum absolute atomic E-state index is 0.00511. The lowest BCUT2D eigenvalue weighted by molar-refractivity contribution is 0.339. The molecule has 1 heterocycles. The predicted molar refractivity (Wildman–Crippen MR) is 98.5 cm³/mol. The third-order valence-corrected chi connectivity index (χ3v) is 3.63. The minimum atomic E-state index is -0.00511. The topological polar surface area (TPSA) is 80.0 Å². The van der Waals surface area contributed by atoms with Crippen molar-refractivity contribution >= 4 is 5.96 Å². The molecule has 1 aromatic carbocycles. The quantitative estimate of drug-likeness (QED) is 0.503. The molecule has 0 atom stereocenters. The summed E-state index contributed by atoms with van der Waals surface area (Å²) in [5.74, 6) is 1.47. The van der Waals surface area contributed by atoms with Gasteiger partial charge >= 0.3 is 0 Å². The summed E-state index contributed by atoms with van der Waals surface area (Å²) in [5, 5.41) is 16.5. The van der Waals surface area contributed by atoms with Crippen LogP contribution in [0.4, 0.5) is 0 Å². The average Bonchev–Trinajstić information content (AvgIpc) is 3.14. The molecule has 25 heavy (non-hydrogen) atoms. The van der Waals surface area contributed by atoms with Gasteiger partial charge in [-0.25, -0.2) is 4.99 Å². The third kappa shape index (κ3) is 5.34. The second kappa shape index (κ2) is 9.46. The van der Waals surface area contributed by atoms with Crippen LogP contribution in [-0.4, -0.2) is 42.9 Å². The van der Waals surface area contributed by atoms with Crippen LogP contribution in [0.5, 0.6) is 17.2 Å². The number of guanidine groups is 1. The Morgan fingerprint density at radius 1 is 1.12 bits per heavy atom. The van der Waals surface area contributed by atoms with Crippen LogP contribution in [0, 0.1) is 0 Å². The van der Waals surface area contributed by atoms with Crippen LogP contribution in [0.1, 0.15) is 12.5 Å². The number of methoxy groups -OCH3 is 2. The molecule has 0 bridgehead atoms. The van der Waals surface area contributed by atoms with E-state index in [2.05, 4.69) is 20.2 Å². The number of nitrogens with zero attached hydrogens (tertiary/aromatic N) is 2. The lowest BCUT2D eigenvalue weighted by Crippen LogP contribution is -2.38. The van der Waals surface area contributed by atoms with Gasteiger partial charge in [-0.05, 0) is 36.8 Å². The molecular formula is C18H26N4O3. The molecule has 136 valence electrons. The van der Waals surface area contributed by atoms with E-state index in [1.54, 1.807) is 12.1 Å². The molecule has 0 fully saturated rings. The van der Waals surface area contributed by atoms with Gasteiger partial charge < -0.3 is 29.8 Å². The Morgan fingerprint density at radius 3 is 2.32 bits per heavy atom. The Labute approximate surface area is 148 Å². The van der Waals surface area contributed by atoms with E-state index in [9.17, 15) is 5.11 Å². The molecular weight excluding hydrogens is 320 g/mol. The van der Waals surface area contributed by atoms with Gasteiger partial charge in [0, 0.05) is 32.0 Å². The lowest BCUT2D eigenvalue weighted by Gasteiger charge is -2.13. The van der Waals surface area contributed by atoms with Crippen LogP contribution in [0.2, 0.25) is 0 Å². The lowest BCUT2D eigenvalue weighted by atomic mass is 10.2. The highest BCUT2D eigenvalue weighted by Gasteiger charge is 2.11. The Balaban J connectivity index is 2.02. The molecule has 0 aliphatic carbocycles. The number of hydrogen-bond acceptors (Lipinski definition) is 4. The number of phenolic OH excluding ortho intramolecular Hbond substituents is 1. The van der Waals surface area contributed by atoms with Crippen molar-refractivity contribution in [1.29, 1.82) is 0 Å². The summed E-state index contributed by atoms with van der Waals surface area (Å²) >= 11 is 0. The van der Waals surface area contributed by atoms with Crippen molar-refractivity contribution in [2.75, 3.05) is 27.3 Å². The first-order chi connectivity index (χ1) is 12.2. The molecule has 0 radical (unpaired) electrons. The second-order valence-corrected chi connectivity index (χ2v) is 5.39. The number of hydrogen-bond donors (Lipinski definition) is 3. The number of phenols is 1. The largest absolute Gasteiger partial charge is 0.502 e. The fraction of sp³-hybridized carbons (Fsp3) is 0.389. The average molecular weight is 346 g/mol. The summed E-state index contributed by atoms with van der Waals surface area (Å²) in [6, 6.07) is 7.52. The van der Waals surface area contributed by atoms with E-state index in [1.807, 2.05) is 31.5 Å². The molecule has 0 amide bonds. The van der Waals surface area contributed by atoms with Crippen LogP contribution in [-0.2, 0) is 13.1 Å². The van der Waals surface area contributed by atoms with Crippen LogP contribution in [0.15, 0.2) is 41.7 Å². The SMILES string of the molecule is CCNC(=NCc1cc(OC)c(O)c(OC)c1)NCCn1cccc1. The second-order valence-electron chi connectivity index (χ2n) is 5.39. The summed E-state index contributed by atoms with van der Waals surface area (Å²) in [5.41, 5.74) is 0.883. The third-order valence-electron chi connectivity index (χ3n) is 3.63. The maximum absolute atomic E-state index is 9.97. The van der Waals surface area contributed by atoms with E-state index in [0.717, 1.165) is 31.2 Å². The van der Waals surface area contributed by atoms with Crippen molar-refractivity contribution < 1.29 is 14.6 Å². The van der Waals surface area contributed by atoms with E-state index in [1.165, 1.54) is 14.2 Å². The van der Waals surface area contributed by atoms with Gasteiger partial charge in [0.15, 0.2) is 17.5 Å². The molecule has 0 saturated heterocycles. The number of aliphatic imine (C=N–C) groups is 1. The number of benzene rings is 1. The van der Waals surface area contributed by atoms with Gasteiger partial charge in [0.05, 0.1) is 20.8 Å². The molecule has 0 unspecified atom stereocenters. The zero-order valence-corrected chi connectivity index (χ0v) is 15.0. The first kappa shape index (κ1) is 18.5. The Hall–Kier alpha value is -2.83. The molecule has 0 aliphatic rings. The molecule has 2 aromatic rings. The zero-order chi connectivity index (χ0) is 18.1. The van der Waals surface area contributed by atoms with E-state index < -0.39 is 0 Å². The van der Waals surface area contributed by atoms with E-state index in [4.69, 9.17) is 9.47 Å². The monoisotopic (exact) mass is 346 g/mol. The van der Waals surface area contributed by atoms with Gasteiger partial charge in [-0.2, -0.15) is 0 Å². The number of aromatic nitrogens is 1. The number of ether oxygens (including phenoxy) is 2. The summed E-state index contributed by atoms with van der Waals surface area (Å²) < 4.78 is 12.5. The summed E-state index contributed by atoms with van der Waals surface area (Å²) in [6.45, 7) is 4.86. The predicted octanol–water partition coefficient (Wildman–Crippen LogP) is 1.97. The highest BCUT2D eigenvalue weighted by Crippen LogP contribution is 2.37. The van der Waals surface area contributed by atoms with Crippen LogP contribution >= 0.6 is 0 Å². The van der Waals surface area contributed by atoms with Gasteiger partial charge in [-0.15, -0.1) is 0 Å². The van der Waals surface area contributed by atoms with Gasteiger partial charge in [-0.3, -0.25) is 0 Å². The van der Waals surface area contributed by atoms with Crippen molar-refractivity contribution in [1.82, 2.24) is 15.2 Å². The van der Waals surface area contributed by atoms with Crippen molar-refractivity contribution in [2.45, 2.75) is 20.0 Å². The van der Waals surface area contributed by atoms with Crippen LogP contribution < -0.4 is 20.1 Å². The van der Waals surface area contributed by atoms with Crippen molar-refractivity contribution in [2.24, 2.45) is 4.99 Å². The van der Waals surface area contributed by atoms with Crippen LogP contribution in [0.3, 0.4) is 0 Å². The van der Waals surface area contributed by atoms with Crippen molar-refractivity contribution in [3.8, 4) is 17.2 Å². The van der Waals surface area contributed by atoms with Gasteiger partial charge in [0.1, 0.15) is 0 Å². The summed E-state index contributed by atoms with van der Waals surface area (Å²) in [6.07, 6.45) is 4.06. The standard InChI is InChI=1S/C18H26N4O3/c1-4-19-18(20-7-10-22-8-5-6-9-22)21-13-14-11-15(24-2)17(23)16(12-14)25-3/h5-6,8-9,11-12,23H,4,7,10,13H2,1-3H3,(H2,19,20,21). The molecule has 0 aliphatic heterocycles. The van der Waals surface area contributed by atoms with Gasteiger partial charge in [0.25, 0.3) is 0 Å². The number of aromatic hydroxyl groups is 1. The summed E-state index contributed by atoms with van der Waals surface area (Å²) in [7, 11) is 3.02. The fourth-order valence-corrected chi connectivity index (χ4v) is 2.37. The molecule has 7 nitrogen and oxygen atoms in total. The highest BCUT2D eigenvalue weighted by atomic mass is 16.5. The van der Waals surface area contributed by atoms with E-state index >= 15 is 0 Å². The molecule has 1 aromatic heterocycles. The van der Waals surface area contributed by atoms with Gasteiger partial charge in [-0.1, -0.05) is 0 Å². The van der Waals surface area contributed by atoms with E-state index in [0.29, 0.717) is 18.0 Å². The minimum Gasteiger partial charge on any atom is -0.502 e. The number of nitrogens with one attached hydrogen (secondary N) is 2. The van der Waals surface area contributed by atoms with Gasteiger partial charge in [0.2, 0.25) is 5.75 Å². The summed E-state index contributed by atoms with van der Waals surface area (Å²) in [4.78, 5) is 4.58. The smallest absolute Gasteiger partial charge is 0.200 e. The first-order valence-corrected chi connectivity index (χ1v) is 8.24. The molecule has 2 rings (SSSR count). The Kier molecular flexibility index (Phi) is 7.00. The Bertz CT molecular complexity index is 659. The van der Waals surface area contributed by atoms with Crippen molar-refractivity contribution in [3.05, 3.63) is 42.2 Å². The molecule has 0 saturated carbocycles. The Morgan fingerprint density at radius 2 is 1.76 bits per heavy atom. The normalized spacial score (nSPS) is 11.2. The van der Waals surface area contributed by atoms with Crippen molar-refractivity contribution in [3.63, 3.8) is 0 Å². The molecule has 7 heteroatoms. The molecule has 3 N–H and O–H groups in total. The molecule has 0 spiro atoms.